The molecule has 3 nitrogen and oxygen atoms in total. The minimum atomic E-state index is 0.0308. The average Bonchev–Trinajstić information content (AvgIpc) is 2.30. The van der Waals surface area contributed by atoms with E-state index in [2.05, 4.69) is 27.7 Å². The summed E-state index contributed by atoms with van der Waals surface area (Å²) < 4.78 is 2.93. The Hall–Kier alpha value is -0.100. The number of halogens is 1. The van der Waals surface area contributed by atoms with E-state index >= 15 is 0 Å². The quantitative estimate of drug-likeness (QED) is 0.797. The number of aryl methyl sites for hydroxylation is 1. The predicted molar refractivity (Wildman–Crippen MR) is 46.5 cm³/mol. The van der Waals surface area contributed by atoms with Crippen molar-refractivity contribution < 1.29 is 5.11 Å². The minimum absolute atomic E-state index is 0.0308. The van der Waals surface area contributed by atoms with Gasteiger partial charge in [-0.25, -0.2) is 0 Å². The highest BCUT2D eigenvalue weighted by Gasteiger charge is 2.00. The number of rotatable bonds is 2. The summed E-state index contributed by atoms with van der Waals surface area (Å²) in [5.41, 5.74) is 0.742. The summed E-state index contributed by atoms with van der Waals surface area (Å²) >= 11 is 2.19. The molecule has 4 heteroatoms. The maximum absolute atomic E-state index is 8.69. The predicted octanol–water partition coefficient (Wildman–Crippen LogP) is 1.000. The van der Waals surface area contributed by atoms with Crippen LogP contribution in [0.15, 0.2) is 6.07 Å². The van der Waals surface area contributed by atoms with E-state index in [9.17, 15) is 0 Å². The molecule has 0 saturated carbocycles. The van der Waals surface area contributed by atoms with Gasteiger partial charge in [-0.2, -0.15) is 5.10 Å². The second-order valence-corrected chi connectivity index (χ2v) is 3.04. The number of hydrogen-bond donors (Lipinski definition) is 1. The Morgan fingerprint density at radius 3 is 2.80 bits per heavy atom. The summed E-state index contributed by atoms with van der Waals surface area (Å²) in [6.07, 6.45) is 0. The summed E-state index contributed by atoms with van der Waals surface area (Å²) in [4.78, 5) is 0. The number of aromatic nitrogens is 2. The van der Waals surface area contributed by atoms with E-state index in [4.69, 9.17) is 5.11 Å². The van der Waals surface area contributed by atoms with Crippen molar-refractivity contribution in [3.05, 3.63) is 15.5 Å². The van der Waals surface area contributed by atoms with Gasteiger partial charge in [0.2, 0.25) is 0 Å². The van der Waals surface area contributed by atoms with Crippen LogP contribution in [0.1, 0.15) is 12.6 Å². The highest BCUT2D eigenvalue weighted by molar-refractivity contribution is 14.1. The molecule has 0 unspecified atom stereocenters. The Labute approximate surface area is 73.2 Å². The molecule has 0 atom stereocenters. The Morgan fingerprint density at radius 2 is 2.50 bits per heavy atom. The molecule has 1 aromatic heterocycles. The molecule has 0 bridgehead atoms. The van der Waals surface area contributed by atoms with Gasteiger partial charge in [0.05, 0.1) is 16.0 Å². The maximum Gasteiger partial charge on any atom is 0.0993 e. The minimum Gasteiger partial charge on any atom is -0.390 e. The summed E-state index contributed by atoms with van der Waals surface area (Å²) in [7, 11) is 0. The first kappa shape index (κ1) is 8.00. The molecule has 0 amide bonds. The molecule has 0 aliphatic rings. The van der Waals surface area contributed by atoms with E-state index in [1.165, 1.54) is 0 Å². The second kappa shape index (κ2) is 3.34. The van der Waals surface area contributed by atoms with Gasteiger partial charge in [0.15, 0.2) is 0 Å². The van der Waals surface area contributed by atoms with Gasteiger partial charge < -0.3 is 5.11 Å². The van der Waals surface area contributed by atoms with Crippen molar-refractivity contribution in [3.63, 3.8) is 0 Å². The molecule has 56 valence electrons. The molecule has 1 N–H and O–H groups in total. The largest absolute Gasteiger partial charge is 0.390 e. The van der Waals surface area contributed by atoms with E-state index in [1.807, 2.05) is 17.7 Å². The molecule has 1 aromatic rings. The van der Waals surface area contributed by atoms with Crippen LogP contribution in [-0.4, -0.2) is 14.9 Å². The van der Waals surface area contributed by atoms with Crippen LogP contribution in [-0.2, 0) is 13.2 Å². The third kappa shape index (κ3) is 1.49. The molecule has 0 radical (unpaired) electrons. The van der Waals surface area contributed by atoms with Crippen LogP contribution in [0.3, 0.4) is 0 Å². The maximum atomic E-state index is 8.69. The Morgan fingerprint density at radius 1 is 1.80 bits per heavy atom. The first-order valence-corrected chi connectivity index (χ1v) is 4.19. The van der Waals surface area contributed by atoms with Crippen molar-refractivity contribution in [3.8, 4) is 0 Å². The fourth-order valence-corrected chi connectivity index (χ4v) is 1.55. The van der Waals surface area contributed by atoms with Crippen LogP contribution in [0.25, 0.3) is 0 Å². The smallest absolute Gasteiger partial charge is 0.0993 e. The van der Waals surface area contributed by atoms with Gasteiger partial charge in [0.1, 0.15) is 0 Å². The van der Waals surface area contributed by atoms with E-state index in [-0.39, 0.29) is 6.61 Å². The van der Waals surface area contributed by atoms with Crippen LogP contribution in [0.4, 0.5) is 0 Å². The lowest BCUT2D eigenvalue weighted by Crippen LogP contribution is -1.98. The molecule has 0 fully saturated rings. The van der Waals surface area contributed by atoms with Crippen LogP contribution in [0, 0.1) is 3.70 Å². The van der Waals surface area contributed by atoms with Gasteiger partial charge in [-0.05, 0) is 35.6 Å². The van der Waals surface area contributed by atoms with E-state index < -0.39 is 0 Å². The van der Waals surface area contributed by atoms with Crippen LogP contribution in [0.5, 0.6) is 0 Å². The molecule has 1 rings (SSSR count). The van der Waals surface area contributed by atoms with Gasteiger partial charge in [0.25, 0.3) is 0 Å². The molecular formula is C6H9IN2O. The van der Waals surface area contributed by atoms with Gasteiger partial charge in [-0.15, -0.1) is 0 Å². The lowest BCUT2D eigenvalue weighted by atomic mass is 10.5. The van der Waals surface area contributed by atoms with Crippen molar-refractivity contribution >= 4 is 22.6 Å². The van der Waals surface area contributed by atoms with Crippen molar-refractivity contribution in [2.45, 2.75) is 20.1 Å². The monoisotopic (exact) mass is 252 g/mol. The first-order valence-electron chi connectivity index (χ1n) is 3.11. The van der Waals surface area contributed by atoms with Gasteiger partial charge in [-0.1, -0.05) is 0 Å². The molecule has 0 aliphatic heterocycles. The normalized spacial score (nSPS) is 10.3. The summed E-state index contributed by atoms with van der Waals surface area (Å²) in [6.45, 7) is 2.91. The molecule has 0 aliphatic carbocycles. The number of hydrogen-bond acceptors (Lipinski definition) is 2. The van der Waals surface area contributed by atoms with Crippen molar-refractivity contribution in [1.29, 1.82) is 0 Å². The Balaban J connectivity index is 2.92. The molecular weight excluding hydrogens is 243 g/mol. The third-order valence-corrected chi connectivity index (χ3v) is 2.11. The standard InChI is InChI=1S/C6H9IN2O/c1-2-9-6(7)3-5(4-10)8-9/h3,10H,2,4H2,1H3. The van der Waals surface area contributed by atoms with Crippen LogP contribution >= 0.6 is 22.6 Å². The summed E-state index contributed by atoms with van der Waals surface area (Å²) in [6, 6.07) is 1.88. The molecule has 1 heterocycles. The number of aliphatic hydroxyl groups is 1. The molecule has 10 heavy (non-hydrogen) atoms. The zero-order chi connectivity index (χ0) is 7.56. The zero-order valence-corrected chi connectivity index (χ0v) is 7.87. The van der Waals surface area contributed by atoms with Crippen LogP contribution < -0.4 is 0 Å². The third-order valence-electron chi connectivity index (χ3n) is 1.24. The number of nitrogens with zero attached hydrogens (tertiary/aromatic N) is 2. The van der Waals surface area contributed by atoms with E-state index in [0.717, 1.165) is 15.9 Å². The van der Waals surface area contributed by atoms with Crippen molar-refractivity contribution in [1.82, 2.24) is 9.78 Å². The van der Waals surface area contributed by atoms with Gasteiger partial charge in [-0.3, -0.25) is 4.68 Å². The average molecular weight is 252 g/mol. The van der Waals surface area contributed by atoms with Crippen molar-refractivity contribution in [2.75, 3.05) is 0 Å². The Kier molecular flexibility index (Phi) is 2.67. The summed E-state index contributed by atoms with van der Waals surface area (Å²) in [5, 5.41) is 12.8. The zero-order valence-electron chi connectivity index (χ0n) is 5.71. The highest BCUT2D eigenvalue weighted by Crippen LogP contribution is 2.06. The van der Waals surface area contributed by atoms with Gasteiger partial charge >= 0.3 is 0 Å². The van der Waals surface area contributed by atoms with Crippen molar-refractivity contribution in [2.24, 2.45) is 0 Å². The van der Waals surface area contributed by atoms with E-state index in [0.29, 0.717) is 0 Å². The highest BCUT2D eigenvalue weighted by atomic mass is 127. The summed E-state index contributed by atoms with van der Waals surface area (Å²) in [5.74, 6) is 0. The Bertz CT molecular complexity index is 222. The fraction of sp³-hybridized carbons (Fsp3) is 0.500. The molecule has 0 saturated heterocycles. The topological polar surface area (TPSA) is 38.0 Å². The SMILES string of the molecule is CCn1nc(CO)cc1I. The molecule has 0 aromatic carbocycles. The fourth-order valence-electron chi connectivity index (χ4n) is 0.743. The lowest BCUT2D eigenvalue weighted by Gasteiger charge is -1.94. The second-order valence-electron chi connectivity index (χ2n) is 1.93. The molecule has 0 spiro atoms. The first-order chi connectivity index (χ1) is 4.77. The lowest BCUT2D eigenvalue weighted by molar-refractivity contribution is 0.275. The van der Waals surface area contributed by atoms with Gasteiger partial charge in [0, 0.05) is 6.54 Å². The van der Waals surface area contributed by atoms with E-state index in [1.54, 1.807) is 0 Å². The van der Waals surface area contributed by atoms with Crippen LogP contribution in [0.2, 0.25) is 0 Å². The number of aliphatic hydroxyl groups excluding tert-OH is 1.